The molecule has 1 atom stereocenters. The summed E-state index contributed by atoms with van der Waals surface area (Å²) in [5.74, 6) is 0.928. The van der Waals surface area contributed by atoms with Gasteiger partial charge in [-0.3, -0.25) is 0 Å². The number of benzene rings is 2. The van der Waals surface area contributed by atoms with Crippen molar-refractivity contribution in [2.45, 2.75) is 19.4 Å². The van der Waals surface area contributed by atoms with Crippen molar-refractivity contribution >= 4 is 15.9 Å². The minimum Gasteiger partial charge on any atom is -0.494 e. The topological polar surface area (TPSA) is 21.3 Å². The molecule has 3 heteroatoms. The van der Waals surface area contributed by atoms with Crippen molar-refractivity contribution in [1.82, 2.24) is 5.32 Å². The van der Waals surface area contributed by atoms with Crippen LogP contribution in [0.1, 0.15) is 30.5 Å². The van der Waals surface area contributed by atoms with Crippen LogP contribution in [-0.4, -0.2) is 13.7 Å². The number of halogens is 1. The summed E-state index contributed by atoms with van der Waals surface area (Å²) in [4.78, 5) is 0. The predicted octanol–water partition coefficient (Wildman–Crippen LogP) is 4.55. The fourth-order valence-corrected chi connectivity index (χ4v) is 2.70. The third-order valence-corrected chi connectivity index (χ3v) is 3.91. The SMILES string of the molecule is CCCOc1ccc(C(NC)c2ccccc2Br)cc1. The summed E-state index contributed by atoms with van der Waals surface area (Å²) >= 11 is 3.62. The smallest absolute Gasteiger partial charge is 0.119 e. The molecule has 0 heterocycles. The van der Waals surface area contributed by atoms with Crippen molar-refractivity contribution in [3.05, 3.63) is 64.1 Å². The lowest BCUT2D eigenvalue weighted by molar-refractivity contribution is 0.317. The highest BCUT2D eigenvalue weighted by Crippen LogP contribution is 2.29. The zero-order chi connectivity index (χ0) is 14.4. The van der Waals surface area contributed by atoms with Gasteiger partial charge in [0.1, 0.15) is 5.75 Å². The highest BCUT2D eigenvalue weighted by molar-refractivity contribution is 9.10. The molecule has 1 N–H and O–H groups in total. The summed E-state index contributed by atoms with van der Waals surface area (Å²) in [6.07, 6.45) is 1.03. The maximum Gasteiger partial charge on any atom is 0.119 e. The number of hydrogen-bond donors (Lipinski definition) is 1. The number of ether oxygens (including phenoxy) is 1. The van der Waals surface area contributed by atoms with Gasteiger partial charge in [-0.25, -0.2) is 0 Å². The molecule has 0 bridgehead atoms. The van der Waals surface area contributed by atoms with Gasteiger partial charge in [0.2, 0.25) is 0 Å². The molecular formula is C17H20BrNO. The first-order valence-corrected chi connectivity index (χ1v) is 7.70. The average Bonchev–Trinajstić information content (AvgIpc) is 2.49. The van der Waals surface area contributed by atoms with Crippen LogP contribution in [-0.2, 0) is 0 Å². The molecule has 0 aliphatic rings. The Morgan fingerprint density at radius 2 is 1.80 bits per heavy atom. The molecule has 0 spiro atoms. The van der Waals surface area contributed by atoms with Crippen molar-refractivity contribution < 1.29 is 4.74 Å². The fourth-order valence-electron chi connectivity index (χ4n) is 2.19. The molecule has 0 aliphatic carbocycles. The van der Waals surface area contributed by atoms with E-state index < -0.39 is 0 Å². The first-order valence-electron chi connectivity index (χ1n) is 6.90. The van der Waals surface area contributed by atoms with Crippen LogP contribution in [0.3, 0.4) is 0 Å². The summed E-state index contributed by atoms with van der Waals surface area (Å²) in [5.41, 5.74) is 2.46. The van der Waals surface area contributed by atoms with Gasteiger partial charge >= 0.3 is 0 Å². The predicted molar refractivity (Wildman–Crippen MR) is 87.3 cm³/mol. The third kappa shape index (κ3) is 3.62. The number of nitrogens with one attached hydrogen (secondary N) is 1. The Bertz CT molecular complexity index is 539. The van der Waals surface area contributed by atoms with Crippen LogP contribution in [0.2, 0.25) is 0 Å². The van der Waals surface area contributed by atoms with E-state index in [1.165, 1.54) is 11.1 Å². The lowest BCUT2D eigenvalue weighted by Crippen LogP contribution is -2.18. The highest BCUT2D eigenvalue weighted by atomic mass is 79.9. The Balaban J connectivity index is 2.22. The average molecular weight is 334 g/mol. The van der Waals surface area contributed by atoms with E-state index in [1.807, 2.05) is 25.2 Å². The summed E-state index contributed by atoms with van der Waals surface area (Å²) in [7, 11) is 1.98. The summed E-state index contributed by atoms with van der Waals surface area (Å²) in [6.45, 7) is 2.87. The Morgan fingerprint density at radius 1 is 1.10 bits per heavy atom. The Labute approximate surface area is 129 Å². The van der Waals surface area contributed by atoms with Crippen LogP contribution in [0.15, 0.2) is 53.0 Å². The van der Waals surface area contributed by atoms with Gasteiger partial charge in [-0.2, -0.15) is 0 Å². The Morgan fingerprint density at radius 3 is 2.40 bits per heavy atom. The standard InChI is InChI=1S/C17H20BrNO/c1-3-12-20-14-10-8-13(9-11-14)17(19-2)15-6-4-5-7-16(15)18/h4-11,17,19H,3,12H2,1-2H3. The van der Waals surface area contributed by atoms with Crippen molar-refractivity contribution in [3.8, 4) is 5.75 Å². The van der Waals surface area contributed by atoms with Crippen molar-refractivity contribution in [1.29, 1.82) is 0 Å². The second-order valence-electron chi connectivity index (χ2n) is 4.66. The first-order chi connectivity index (χ1) is 9.76. The molecule has 2 aromatic rings. The van der Waals surface area contributed by atoms with Crippen LogP contribution in [0, 0.1) is 0 Å². The lowest BCUT2D eigenvalue weighted by atomic mass is 9.99. The second kappa shape index (κ2) is 7.46. The number of hydrogen-bond acceptors (Lipinski definition) is 2. The van der Waals surface area contributed by atoms with E-state index in [-0.39, 0.29) is 6.04 Å². The van der Waals surface area contributed by atoms with E-state index in [0.717, 1.165) is 23.2 Å². The molecule has 0 aliphatic heterocycles. The van der Waals surface area contributed by atoms with E-state index in [1.54, 1.807) is 0 Å². The largest absolute Gasteiger partial charge is 0.494 e. The van der Waals surface area contributed by atoms with Crippen molar-refractivity contribution in [2.75, 3.05) is 13.7 Å². The van der Waals surface area contributed by atoms with Crippen LogP contribution in [0.5, 0.6) is 5.75 Å². The van der Waals surface area contributed by atoms with Gasteiger partial charge in [0.25, 0.3) is 0 Å². The molecule has 106 valence electrons. The fraction of sp³-hybridized carbons (Fsp3) is 0.294. The van der Waals surface area contributed by atoms with Gasteiger partial charge in [0.05, 0.1) is 12.6 Å². The molecule has 0 saturated carbocycles. The summed E-state index contributed by atoms with van der Waals surface area (Å²) < 4.78 is 6.74. The zero-order valence-electron chi connectivity index (χ0n) is 11.9. The second-order valence-corrected chi connectivity index (χ2v) is 5.52. The number of rotatable bonds is 6. The molecule has 0 radical (unpaired) electrons. The Hall–Kier alpha value is -1.32. The minimum atomic E-state index is 0.172. The first kappa shape index (κ1) is 15.1. The molecule has 20 heavy (non-hydrogen) atoms. The molecule has 0 saturated heterocycles. The molecule has 2 aromatic carbocycles. The van der Waals surface area contributed by atoms with E-state index in [0.29, 0.717) is 0 Å². The van der Waals surface area contributed by atoms with E-state index in [9.17, 15) is 0 Å². The molecule has 0 amide bonds. The van der Waals surface area contributed by atoms with E-state index >= 15 is 0 Å². The van der Waals surface area contributed by atoms with Crippen LogP contribution in [0.4, 0.5) is 0 Å². The van der Waals surface area contributed by atoms with E-state index in [4.69, 9.17) is 4.74 Å². The maximum absolute atomic E-state index is 5.62. The van der Waals surface area contributed by atoms with Gasteiger partial charge in [-0.15, -0.1) is 0 Å². The van der Waals surface area contributed by atoms with Gasteiger partial charge in [-0.05, 0) is 42.8 Å². The van der Waals surface area contributed by atoms with Crippen molar-refractivity contribution in [2.24, 2.45) is 0 Å². The van der Waals surface area contributed by atoms with Crippen LogP contribution < -0.4 is 10.1 Å². The lowest BCUT2D eigenvalue weighted by Gasteiger charge is -2.19. The van der Waals surface area contributed by atoms with Gasteiger partial charge in [0.15, 0.2) is 0 Å². The molecule has 0 fully saturated rings. The van der Waals surface area contributed by atoms with Crippen molar-refractivity contribution in [3.63, 3.8) is 0 Å². The molecule has 0 aromatic heterocycles. The third-order valence-electron chi connectivity index (χ3n) is 3.19. The molecular weight excluding hydrogens is 314 g/mol. The zero-order valence-corrected chi connectivity index (χ0v) is 13.5. The van der Waals surface area contributed by atoms with Crippen LogP contribution >= 0.6 is 15.9 Å². The highest BCUT2D eigenvalue weighted by Gasteiger charge is 2.14. The molecule has 2 nitrogen and oxygen atoms in total. The van der Waals surface area contributed by atoms with Crippen LogP contribution in [0.25, 0.3) is 0 Å². The quantitative estimate of drug-likeness (QED) is 0.837. The molecule has 1 unspecified atom stereocenters. The maximum atomic E-state index is 5.62. The van der Waals surface area contributed by atoms with E-state index in [2.05, 4.69) is 58.5 Å². The monoisotopic (exact) mass is 333 g/mol. The minimum absolute atomic E-state index is 0.172. The normalized spacial score (nSPS) is 12.2. The van der Waals surface area contributed by atoms with Gasteiger partial charge in [-0.1, -0.05) is 53.2 Å². The summed E-state index contributed by atoms with van der Waals surface area (Å²) in [5, 5.41) is 3.37. The molecule has 2 rings (SSSR count). The summed E-state index contributed by atoms with van der Waals surface area (Å²) in [6, 6.07) is 16.8. The van der Waals surface area contributed by atoms with Gasteiger partial charge in [0, 0.05) is 4.47 Å². The van der Waals surface area contributed by atoms with Gasteiger partial charge < -0.3 is 10.1 Å². The Kier molecular flexibility index (Phi) is 5.62.